The maximum Gasteiger partial charge on any atom is 0.249 e. The highest BCUT2D eigenvalue weighted by Crippen LogP contribution is 2.13. The monoisotopic (exact) mass is 269 g/mol. The molecule has 2 aromatic carbocycles. The van der Waals surface area contributed by atoms with Gasteiger partial charge in [-0.25, -0.2) is 0 Å². The highest BCUT2D eigenvalue weighted by Gasteiger charge is 2.07. The molecule has 0 heterocycles. The predicted octanol–water partition coefficient (Wildman–Crippen LogP) is 3.02. The van der Waals surface area contributed by atoms with Gasteiger partial charge in [0.15, 0.2) is 0 Å². The molecule has 2 N–H and O–H groups in total. The van der Waals surface area contributed by atoms with Gasteiger partial charge >= 0.3 is 0 Å². The van der Waals surface area contributed by atoms with Crippen LogP contribution in [0.2, 0.25) is 0 Å². The van der Waals surface area contributed by atoms with Crippen LogP contribution < -0.4 is 15.4 Å². The molecule has 0 spiro atoms. The van der Waals surface area contributed by atoms with Crippen molar-refractivity contribution in [3.05, 3.63) is 60.2 Å². The van der Waals surface area contributed by atoms with Gasteiger partial charge in [0.1, 0.15) is 5.75 Å². The zero-order valence-electron chi connectivity index (χ0n) is 11.7. The summed E-state index contributed by atoms with van der Waals surface area (Å²) in [6.45, 7) is 2.06. The lowest BCUT2D eigenvalue weighted by atomic mass is 10.2. The van der Waals surface area contributed by atoms with E-state index in [1.807, 2.05) is 42.5 Å². The Hall–Kier alpha value is -2.49. The molecule has 4 nitrogen and oxygen atoms in total. The molecule has 1 unspecified atom stereocenters. The van der Waals surface area contributed by atoms with Crippen LogP contribution in [-0.4, -0.2) is 19.7 Å². The number of rotatable bonds is 6. The largest absolute Gasteiger partial charge is 0.453 e. The second-order valence-electron chi connectivity index (χ2n) is 4.38. The summed E-state index contributed by atoms with van der Waals surface area (Å²) in [6, 6.07) is 17.8. The van der Waals surface area contributed by atoms with Crippen LogP contribution in [0.3, 0.4) is 0 Å². The van der Waals surface area contributed by atoms with Gasteiger partial charge < -0.3 is 15.4 Å². The van der Waals surface area contributed by atoms with Crippen LogP contribution in [0.15, 0.2) is 59.6 Å². The molecule has 0 fully saturated rings. The van der Waals surface area contributed by atoms with Crippen molar-refractivity contribution in [2.24, 2.45) is 4.99 Å². The van der Waals surface area contributed by atoms with Gasteiger partial charge in [0.05, 0.1) is 6.34 Å². The predicted molar refractivity (Wildman–Crippen MR) is 83.2 cm³/mol. The van der Waals surface area contributed by atoms with E-state index in [1.54, 1.807) is 13.4 Å². The van der Waals surface area contributed by atoms with Gasteiger partial charge in [-0.3, -0.25) is 4.99 Å². The van der Waals surface area contributed by atoms with E-state index in [0.717, 1.165) is 11.4 Å². The van der Waals surface area contributed by atoms with Crippen molar-refractivity contribution in [3.63, 3.8) is 0 Å². The molecule has 0 radical (unpaired) electrons. The Morgan fingerprint density at radius 1 is 1.05 bits per heavy atom. The maximum absolute atomic E-state index is 5.84. The van der Waals surface area contributed by atoms with Gasteiger partial charge in [-0.1, -0.05) is 35.9 Å². The Labute approximate surface area is 119 Å². The number of anilines is 1. The second kappa shape index (κ2) is 7.19. The molecule has 0 aliphatic heterocycles. The minimum Gasteiger partial charge on any atom is -0.453 e. The Kier molecular flexibility index (Phi) is 5.00. The third kappa shape index (κ3) is 4.31. The normalized spacial score (nSPS) is 12.1. The average molecular weight is 269 g/mol. The van der Waals surface area contributed by atoms with Crippen LogP contribution >= 0.6 is 0 Å². The Balaban J connectivity index is 2.05. The lowest BCUT2D eigenvalue weighted by Crippen LogP contribution is -2.40. The van der Waals surface area contributed by atoms with Crippen molar-refractivity contribution in [3.8, 4) is 5.75 Å². The molecule has 1 atom stereocenters. The highest BCUT2D eigenvalue weighted by molar-refractivity contribution is 5.55. The van der Waals surface area contributed by atoms with Crippen molar-refractivity contribution in [2.45, 2.75) is 13.3 Å². The summed E-state index contributed by atoms with van der Waals surface area (Å²) in [5.41, 5.74) is 2.20. The van der Waals surface area contributed by atoms with Crippen molar-refractivity contribution >= 4 is 12.0 Å². The summed E-state index contributed by atoms with van der Waals surface area (Å²) in [5, 5.41) is 6.32. The fraction of sp³-hybridized carbons (Fsp3) is 0.188. The van der Waals surface area contributed by atoms with E-state index in [9.17, 15) is 0 Å². The zero-order valence-corrected chi connectivity index (χ0v) is 11.7. The Bertz CT molecular complexity index is 537. The zero-order chi connectivity index (χ0) is 14.2. The molecule has 0 bridgehead atoms. The van der Waals surface area contributed by atoms with Gasteiger partial charge in [-0.05, 0) is 31.2 Å². The van der Waals surface area contributed by atoms with E-state index in [0.29, 0.717) is 0 Å². The van der Waals surface area contributed by atoms with E-state index in [-0.39, 0.29) is 6.35 Å². The summed E-state index contributed by atoms with van der Waals surface area (Å²) in [7, 11) is 1.71. The first-order valence-corrected chi connectivity index (χ1v) is 6.49. The molecule has 104 valence electrons. The molecule has 2 aromatic rings. The molecular weight excluding hydrogens is 250 g/mol. The summed E-state index contributed by atoms with van der Waals surface area (Å²) in [5.74, 6) is 0.786. The molecule has 0 saturated carbocycles. The lowest BCUT2D eigenvalue weighted by molar-refractivity contribution is 0.217. The number of nitrogens with zero attached hydrogens (tertiary/aromatic N) is 1. The molecule has 0 saturated heterocycles. The fourth-order valence-electron chi connectivity index (χ4n) is 1.68. The fourth-order valence-corrected chi connectivity index (χ4v) is 1.68. The van der Waals surface area contributed by atoms with E-state index >= 15 is 0 Å². The lowest BCUT2D eigenvalue weighted by Gasteiger charge is -2.21. The summed E-state index contributed by atoms with van der Waals surface area (Å²) in [4.78, 5) is 3.92. The summed E-state index contributed by atoms with van der Waals surface area (Å²) in [6.07, 6.45) is 1.22. The van der Waals surface area contributed by atoms with Gasteiger partial charge in [-0.2, -0.15) is 0 Å². The number of hydrogen-bond acceptors (Lipinski definition) is 3. The minimum atomic E-state index is -0.385. The summed E-state index contributed by atoms with van der Waals surface area (Å²) < 4.78 is 5.84. The van der Waals surface area contributed by atoms with E-state index in [4.69, 9.17) is 4.74 Å². The number of benzene rings is 2. The molecular formula is C16H19N3O. The SMILES string of the molecule is CN=CNC(Nc1ccc(C)cc1)Oc1ccccc1. The topological polar surface area (TPSA) is 45.7 Å². The molecule has 4 heteroatoms. The van der Waals surface area contributed by atoms with Crippen LogP contribution in [0, 0.1) is 6.92 Å². The molecule has 0 aliphatic carbocycles. The maximum atomic E-state index is 5.84. The van der Waals surface area contributed by atoms with Gasteiger partial charge in [0, 0.05) is 12.7 Å². The quantitative estimate of drug-likeness (QED) is 0.481. The number of nitrogens with one attached hydrogen (secondary N) is 2. The third-order valence-electron chi connectivity index (χ3n) is 2.70. The van der Waals surface area contributed by atoms with Crippen molar-refractivity contribution in [1.82, 2.24) is 5.32 Å². The summed E-state index contributed by atoms with van der Waals surface area (Å²) >= 11 is 0. The second-order valence-corrected chi connectivity index (χ2v) is 4.38. The van der Waals surface area contributed by atoms with Crippen LogP contribution in [0.25, 0.3) is 0 Å². The van der Waals surface area contributed by atoms with Crippen LogP contribution in [0.4, 0.5) is 5.69 Å². The number of aliphatic imine (C=N–C) groups is 1. The van der Waals surface area contributed by atoms with Crippen molar-refractivity contribution in [2.75, 3.05) is 12.4 Å². The van der Waals surface area contributed by atoms with E-state index in [1.165, 1.54) is 5.56 Å². The highest BCUT2D eigenvalue weighted by atomic mass is 16.5. The van der Waals surface area contributed by atoms with Crippen molar-refractivity contribution < 1.29 is 4.74 Å². The number of para-hydroxylation sites is 1. The van der Waals surface area contributed by atoms with E-state index in [2.05, 4.69) is 34.7 Å². The number of aryl methyl sites for hydroxylation is 1. The van der Waals surface area contributed by atoms with Gasteiger partial charge in [0.25, 0.3) is 0 Å². The van der Waals surface area contributed by atoms with Gasteiger partial charge in [0.2, 0.25) is 6.35 Å². The number of hydrogen-bond donors (Lipinski definition) is 2. The third-order valence-corrected chi connectivity index (χ3v) is 2.70. The molecule has 0 aliphatic rings. The average Bonchev–Trinajstić information content (AvgIpc) is 2.48. The first-order valence-electron chi connectivity index (χ1n) is 6.49. The Morgan fingerprint density at radius 3 is 2.40 bits per heavy atom. The first kappa shape index (κ1) is 13.9. The smallest absolute Gasteiger partial charge is 0.249 e. The molecule has 0 amide bonds. The standard InChI is InChI=1S/C16H19N3O/c1-13-8-10-14(11-9-13)19-16(18-12-17-2)20-15-6-4-3-5-7-15/h3-12,16,19H,1-2H3,(H,17,18). The Morgan fingerprint density at radius 2 is 1.75 bits per heavy atom. The first-order chi connectivity index (χ1) is 9.78. The van der Waals surface area contributed by atoms with Crippen LogP contribution in [-0.2, 0) is 0 Å². The van der Waals surface area contributed by atoms with Gasteiger partial charge in [-0.15, -0.1) is 0 Å². The molecule has 0 aromatic heterocycles. The van der Waals surface area contributed by atoms with Crippen molar-refractivity contribution in [1.29, 1.82) is 0 Å². The molecule has 2 rings (SSSR count). The van der Waals surface area contributed by atoms with Crippen LogP contribution in [0.5, 0.6) is 5.75 Å². The minimum absolute atomic E-state index is 0.385. The molecule has 20 heavy (non-hydrogen) atoms. The van der Waals surface area contributed by atoms with Crippen LogP contribution in [0.1, 0.15) is 5.56 Å². The number of ether oxygens (including phenoxy) is 1. The van der Waals surface area contributed by atoms with E-state index < -0.39 is 0 Å².